The van der Waals surface area contributed by atoms with Crippen LogP contribution in [0.4, 0.5) is 4.39 Å². The molecule has 0 bridgehead atoms. The Balaban J connectivity index is 5.02. The van der Waals surface area contributed by atoms with Crippen LogP contribution in [0.25, 0.3) is 0 Å². The van der Waals surface area contributed by atoms with E-state index in [9.17, 15) is 4.39 Å². The zero-order chi connectivity index (χ0) is 18.5. The SMILES string of the molecule is C=C(NC/C(C=CCC)=C/C(=C)C(C)F)C(=C)/C(=C\N=CC)CC. The maximum absolute atomic E-state index is 13.3. The van der Waals surface area contributed by atoms with Gasteiger partial charge in [0.15, 0.2) is 0 Å². The van der Waals surface area contributed by atoms with Crippen LogP contribution in [0.2, 0.25) is 0 Å². The van der Waals surface area contributed by atoms with Gasteiger partial charge in [-0.1, -0.05) is 51.8 Å². The number of hydrogen-bond acceptors (Lipinski definition) is 2. The molecular weight excluding hydrogens is 299 g/mol. The lowest BCUT2D eigenvalue weighted by Crippen LogP contribution is -2.17. The van der Waals surface area contributed by atoms with Gasteiger partial charge in [-0.2, -0.15) is 0 Å². The fraction of sp³-hybridized carbons (Fsp3) is 0.381. The minimum absolute atomic E-state index is 0.461. The lowest BCUT2D eigenvalue weighted by Gasteiger charge is -2.15. The molecule has 1 unspecified atom stereocenters. The van der Waals surface area contributed by atoms with Crippen LogP contribution in [0.1, 0.15) is 40.5 Å². The van der Waals surface area contributed by atoms with Crippen molar-refractivity contribution in [3.8, 4) is 0 Å². The molecule has 24 heavy (non-hydrogen) atoms. The van der Waals surface area contributed by atoms with E-state index in [4.69, 9.17) is 0 Å². The average Bonchev–Trinajstić information content (AvgIpc) is 2.56. The summed E-state index contributed by atoms with van der Waals surface area (Å²) in [5.74, 6) is 0. The highest BCUT2D eigenvalue weighted by molar-refractivity contribution is 5.55. The maximum atomic E-state index is 13.3. The number of halogens is 1. The van der Waals surface area contributed by atoms with E-state index in [0.717, 1.165) is 35.3 Å². The lowest BCUT2D eigenvalue weighted by atomic mass is 10.0. The van der Waals surface area contributed by atoms with Crippen molar-refractivity contribution in [1.82, 2.24) is 5.32 Å². The molecule has 0 amide bonds. The van der Waals surface area contributed by atoms with Crippen molar-refractivity contribution in [1.29, 1.82) is 0 Å². The van der Waals surface area contributed by atoms with Crippen LogP contribution in [-0.4, -0.2) is 18.9 Å². The first-order valence-corrected chi connectivity index (χ1v) is 8.36. The number of nitrogens with one attached hydrogen (secondary N) is 1. The highest BCUT2D eigenvalue weighted by atomic mass is 19.1. The molecule has 0 rings (SSSR count). The van der Waals surface area contributed by atoms with E-state index in [1.54, 1.807) is 18.5 Å². The first-order chi connectivity index (χ1) is 11.4. The summed E-state index contributed by atoms with van der Waals surface area (Å²) < 4.78 is 13.3. The Bertz CT molecular complexity index is 560. The highest BCUT2D eigenvalue weighted by Gasteiger charge is 2.06. The van der Waals surface area contributed by atoms with Gasteiger partial charge in [0, 0.05) is 24.7 Å². The molecule has 0 aromatic carbocycles. The largest absolute Gasteiger partial charge is 0.381 e. The Morgan fingerprint density at radius 2 is 1.92 bits per heavy atom. The molecule has 3 heteroatoms. The standard InChI is InChI=1S/C21H31FN2/c1-8-11-12-20(13-16(4)18(6)22)14-24-19(7)17(5)21(9-2)15-23-10-3/h10-13,15,18,24H,4-5,7-9,14H2,1-3,6H3/b12-11?,20-13+,21-15-,23-10?. The van der Waals surface area contributed by atoms with Gasteiger partial charge in [0.2, 0.25) is 0 Å². The van der Waals surface area contributed by atoms with Crippen LogP contribution in [0.3, 0.4) is 0 Å². The van der Waals surface area contributed by atoms with Gasteiger partial charge in [-0.3, -0.25) is 4.99 Å². The van der Waals surface area contributed by atoms with Crippen LogP contribution >= 0.6 is 0 Å². The van der Waals surface area contributed by atoms with Gasteiger partial charge < -0.3 is 5.32 Å². The second-order valence-electron chi connectivity index (χ2n) is 5.45. The smallest absolute Gasteiger partial charge is 0.122 e. The molecule has 0 aromatic rings. The average molecular weight is 330 g/mol. The predicted octanol–water partition coefficient (Wildman–Crippen LogP) is 5.84. The fourth-order valence-electron chi connectivity index (χ4n) is 1.84. The third-order valence-corrected chi connectivity index (χ3v) is 3.47. The molecule has 0 aromatic heterocycles. The van der Waals surface area contributed by atoms with Gasteiger partial charge >= 0.3 is 0 Å². The van der Waals surface area contributed by atoms with Crippen molar-refractivity contribution >= 4 is 6.21 Å². The summed E-state index contributed by atoms with van der Waals surface area (Å²) >= 11 is 0. The first-order valence-electron chi connectivity index (χ1n) is 8.36. The van der Waals surface area contributed by atoms with Crippen LogP contribution in [-0.2, 0) is 0 Å². The van der Waals surface area contributed by atoms with Crippen molar-refractivity contribution in [3.63, 3.8) is 0 Å². The minimum atomic E-state index is -1.06. The Labute approximate surface area is 147 Å². The van der Waals surface area contributed by atoms with Crippen molar-refractivity contribution in [3.05, 3.63) is 72.2 Å². The van der Waals surface area contributed by atoms with E-state index in [-0.39, 0.29) is 0 Å². The normalized spacial score (nSPS) is 14.2. The highest BCUT2D eigenvalue weighted by Crippen LogP contribution is 2.18. The van der Waals surface area contributed by atoms with Gasteiger partial charge in [0.25, 0.3) is 0 Å². The third kappa shape index (κ3) is 8.47. The first kappa shape index (κ1) is 21.8. The Kier molecular flexibility index (Phi) is 11.2. The van der Waals surface area contributed by atoms with Crippen molar-refractivity contribution in [2.24, 2.45) is 4.99 Å². The predicted molar refractivity (Wildman–Crippen MR) is 106 cm³/mol. The fourth-order valence-corrected chi connectivity index (χ4v) is 1.84. The molecule has 1 N–H and O–H groups in total. The number of nitrogens with zero attached hydrogens (tertiary/aromatic N) is 1. The Hall–Kier alpha value is -2.16. The number of rotatable bonds is 11. The summed E-state index contributed by atoms with van der Waals surface area (Å²) in [7, 11) is 0. The zero-order valence-corrected chi connectivity index (χ0v) is 15.5. The molecule has 132 valence electrons. The molecule has 0 saturated carbocycles. The quantitative estimate of drug-likeness (QED) is 0.374. The molecule has 0 saturated heterocycles. The molecular formula is C21H31FN2. The van der Waals surface area contributed by atoms with Gasteiger partial charge in [-0.25, -0.2) is 4.39 Å². The van der Waals surface area contributed by atoms with Crippen LogP contribution in [0.5, 0.6) is 0 Å². The number of aliphatic imine (C=N–C) groups is 1. The molecule has 0 fully saturated rings. The van der Waals surface area contributed by atoms with Crippen LogP contribution < -0.4 is 5.32 Å². The third-order valence-electron chi connectivity index (χ3n) is 3.47. The van der Waals surface area contributed by atoms with E-state index in [0.29, 0.717) is 12.1 Å². The van der Waals surface area contributed by atoms with Crippen LogP contribution in [0.15, 0.2) is 77.1 Å². The summed E-state index contributed by atoms with van der Waals surface area (Å²) in [4.78, 5) is 4.15. The minimum Gasteiger partial charge on any atom is -0.381 e. The number of hydrogen-bond donors (Lipinski definition) is 1. The van der Waals surface area contributed by atoms with Gasteiger partial charge in [-0.15, -0.1) is 0 Å². The van der Waals surface area contributed by atoms with E-state index < -0.39 is 6.17 Å². The number of alkyl halides is 1. The van der Waals surface area contributed by atoms with E-state index >= 15 is 0 Å². The van der Waals surface area contributed by atoms with E-state index in [1.807, 2.05) is 19.1 Å². The molecule has 0 aliphatic heterocycles. The molecule has 0 aliphatic rings. The second-order valence-corrected chi connectivity index (χ2v) is 5.45. The van der Waals surface area contributed by atoms with Gasteiger partial charge in [0.05, 0.1) is 0 Å². The summed E-state index contributed by atoms with van der Waals surface area (Å²) in [5, 5.41) is 3.26. The lowest BCUT2D eigenvalue weighted by molar-refractivity contribution is 0.418. The summed E-state index contributed by atoms with van der Waals surface area (Å²) in [6, 6.07) is 0. The molecule has 0 heterocycles. The van der Waals surface area contributed by atoms with Crippen LogP contribution in [0, 0.1) is 0 Å². The Morgan fingerprint density at radius 1 is 1.25 bits per heavy atom. The summed E-state index contributed by atoms with van der Waals surface area (Å²) in [5.41, 5.74) is 4.02. The van der Waals surface area contributed by atoms with E-state index in [1.165, 1.54) is 6.92 Å². The molecule has 1 atom stereocenters. The van der Waals surface area contributed by atoms with Gasteiger partial charge in [-0.05, 0) is 49.0 Å². The second kappa shape index (κ2) is 12.3. The van der Waals surface area contributed by atoms with Crippen molar-refractivity contribution in [2.75, 3.05) is 6.54 Å². The van der Waals surface area contributed by atoms with Crippen molar-refractivity contribution in [2.45, 2.75) is 46.7 Å². The number of allylic oxidation sites excluding steroid dienone is 4. The van der Waals surface area contributed by atoms with Gasteiger partial charge in [0.1, 0.15) is 6.17 Å². The monoisotopic (exact) mass is 330 g/mol. The molecule has 0 radical (unpaired) electrons. The molecule has 0 aliphatic carbocycles. The molecule has 2 nitrogen and oxygen atoms in total. The van der Waals surface area contributed by atoms with Crippen molar-refractivity contribution < 1.29 is 4.39 Å². The summed E-state index contributed by atoms with van der Waals surface area (Å²) in [6.45, 7) is 19.9. The zero-order valence-electron chi connectivity index (χ0n) is 15.5. The summed E-state index contributed by atoms with van der Waals surface area (Å²) in [6.07, 6.45) is 10.0. The topological polar surface area (TPSA) is 24.4 Å². The van der Waals surface area contributed by atoms with E-state index in [2.05, 4.69) is 43.9 Å². The Morgan fingerprint density at radius 3 is 2.42 bits per heavy atom. The molecule has 0 spiro atoms. The maximum Gasteiger partial charge on any atom is 0.122 e.